The second kappa shape index (κ2) is 9.08. The van der Waals surface area contributed by atoms with Crippen LogP contribution in [0.3, 0.4) is 0 Å². The molecule has 0 atom stereocenters. The lowest BCUT2D eigenvalue weighted by atomic mass is 9.78. The van der Waals surface area contributed by atoms with Crippen LogP contribution in [0.15, 0.2) is 12.1 Å². The summed E-state index contributed by atoms with van der Waals surface area (Å²) in [7, 11) is 1.38. The highest BCUT2D eigenvalue weighted by Crippen LogP contribution is 2.39. The molecule has 28 heavy (non-hydrogen) atoms. The van der Waals surface area contributed by atoms with Gasteiger partial charge in [-0.2, -0.15) is 0 Å². The molecule has 0 unspecified atom stereocenters. The zero-order valence-corrected chi connectivity index (χ0v) is 17.9. The van der Waals surface area contributed by atoms with Crippen LogP contribution in [0.2, 0.25) is 0 Å². The second-order valence-corrected chi connectivity index (χ2v) is 8.83. The van der Waals surface area contributed by atoms with Crippen molar-refractivity contribution in [3.05, 3.63) is 28.8 Å². The topological polar surface area (TPSA) is 105 Å². The molecule has 1 rings (SSSR count). The summed E-state index contributed by atoms with van der Waals surface area (Å²) in [4.78, 5) is 34.4. The van der Waals surface area contributed by atoms with Crippen LogP contribution in [0.25, 0.3) is 0 Å². The molecule has 1 aromatic rings. The van der Waals surface area contributed by atoms with Gasteiger partial charge in [-0.3, -0.25) is 14.9 Å². The van der Waals surface area contributed by atoms with E-state index >= 15 is 0 Å². The van der Waals surface area contributed by atoms with Gasteiger partial charge >= 0.3 is 12.0 Å². The smallest absolute Gasteiger partial charge is 0.321 e. The number of aryl methyl sites for hydroxylation is 1. The molecular formula is C21H32N2O5. The fourth-order valence-corrected chi connectivity index (χ4v) is 2.67. The van der Waals surface area contributed by atoms with Crippen LogP contribution < -0.4 is 10.6 Å². The fraction of sp³-hybridized carbons (Fsp3) is 0.571. The number of rotatable bonds is 5. The van der Waals surface area contributed by atoms with E-state index in [1.165, 1.54) is 7.05 Å². The maximum Gasteiger partial charge on any atom is 0.321 e. The molecule has 7 nitrogen and oxygen atoms in total. The van der Waals surface area contributed by atoms with E-state index < -0.39 is 24.5 Å². The average Bonchev–Trinajstić information content (AvgIpc) is 2.56. The molecular weight excluding hydrogens is 360 g/mol. The summed E-state index contributed by atoms with van der Waals surface area (Å²) in [6.45, 7) is 11.6. The zero-order valence-electron chi connectivity index (χ0n) is 17.9. The summed E-state index contributed by atoms with van der Waals surface area (Å²) in [5.41, 5.74) is 2.07. The van der Waals surface area contributed by atoms with E-state index in [4.69, 9.17) is 4.74 Å². The first kappa shape index (κ1) is 23.5. The third-order valence-corrected chi connectivity index (χ3v) is 4.25. The number of ether oxygens (including phenoxy) is 1. The Morgan fingerprint density at radius 3 is 1.93 bits per heavy atom. The van der Waals surface area contributed by atoms with E-state index in [0.29, 0.717) is 6.42 Å². The van der Waals surface area contributed by atoms with E-state index in [1.807, 2.05) is 59.0 Å². The summed E-state index contributed by atoms with van der Waals surface area (Å²) in [5.74, 6) is -0.936. The number of urea groups is 1. The Hall–Kier alpha value is -2.57. The maximum absolute atomic E-state index is 12.0. The van der Waals surface area contributed by atoms with Crippen LogP contribution in [0.4, 0.5) is 4.79 Å². The van der Waals surface area contributed by atoms with Gasteiger partial charge in [0.1, 0.15) is 5.75 Å². The molecule has 0 fully saturated rings. The molecule has 0 aliphatic heterocycles. The molecule has 0 saturated carbocycles. The van der Waals surface area contributed by atoms with Gasteiger partial charge in [0.05, 0.1) is 0 Å². The highest BCUT2D eigenvalue weighted by atomic mass is 16.5. The highest BCUT2D eigenvalue weighted by Gasteiger charge is 2.26. The van der Waals surface area contributed by atoms with Gasteiger partial charge in [-0.15, -0.1) is 0 Å². The van der Waals surface area contributed by atoms with Crippen molar-refractivity contribution < 1.29 is 24.2 Å². The number of phenols is 1. The first-order valence-electron chi connectivity index (χ1n) is 9.29. The summed E-state index contributed by atoms with van der Waals surface area (Å²) in [5, 5.41) is 15.0. The molecule has 0 heterocycles. The molecule has 156 valence electrons. The lowest BCUT2D eigenvalue weighted by Crippen LogP contribution is -2.39. The summed E-state index contributed by atoms with van der Waals surface area (Å²) in [6.07, 6.45) is 0.507. The standard InChI is InChI=1S/C21H32N2O5/c1-20(2,3)14-10-13(11-15(18(14)26)21(4,5)6)8-9-17(25)28-12-16(24)23-19(27)22-7/h10-11,26H,8-9,12H2,1-7H3,(H2,22,23,24,27). The lowest BCUT2D eigenvalue weighted by Gasteiger charge is -2.28. The average molecular weight is 392 g/mol. The molecule has 1 aromatic carbocycles. The lowest BCUT2D eigenvalue weighted by molar-refractivity contribution is -0.148. The predicted molar refractivity (Wildman–Crippen MR) is 107 cm³/mol. The van der Waals surface area contributed by atoms with E-state index in [-0.39, 0.29) is 23.0 Å². The van der Waals surface area contributed by atoms with Crippen molar-refractivity contribution in [2.45, 2.75) is 65.2 Å². The van der Waals surface area contributed by atoms with Crippen molar-refractivity contribution in [3.63, 3.8) is 0 Å². The Morgan fingerprint density at radius 2 is 1.50 bits per heavy atom. The van der Waals surface area contributed by atoms with Crippen molar-refractivity contribution in [3.8, 4) is 5.75 Å². The van der Waals surface area contributed by atoms with Gasteiger partial charge in [-0.05, 0) is 33.9 Å². The Morgan fingerprint density at radius 1 is 1.00 bits per heavy atom. The number of hydrogen-bond donors (Lipinski definition) is 3. The van der Waals surface area contributed by atoms with Crippen molar-refractivity contribution in [2.24, 2.45) is 0 Å². The first-order valence-corrected chi connectivity index (χ1v) is 9.29. The molecule has 3 N–H and O–H groups in total. The van der Waals surface area contributed by atoms with Gasteiger partial charge < -0.3 is 15.2 Å². The maximum atomic E-state index is 12.0. The molecule has 3 amide bonds. The zero-order chi connectivity index (χ0) is 21.7. The molecule has 7 heteroatoms. The summed E-state index contributed by atoms with van der Waals surface area (Å²) >= 11 is 0. The van der Waals surface area contributed by atoms with Crippen molar-refractivity contribution in [1.29, 1.82) is 0 Å². The molecule has 0 aliphatic carbocycles. The van der Waals surface area contributed by atoms with Crippen LogP contribution in [-0.4, -0.2) is 36.7 Å². The van der Waals surface area contributed by atoms with Crippen LogP contribution in [0, 0.1) is 0 Å². The first-order chi connectivity index (χ1) is 12.8. The number of phenolic OH excluding ortho intramolecular Hbond substituents is 1. The third kappa shape index (κ3) is 6.87. The minimum Gasteiger partial charge on any atom is -0.507 e. The number of aromatic hydroxyl groups is 1. The van der Waals surface area contributed by atoms with E-state index in [9.17, 15) is 19.5 Å². The van der Waals surface area contributed by atoms with Gasteiger partial charge in [-0.25, -0.2) is 4.79 Å². The number of hydrogen-bond acceptors (Lipinski definition) is 5. The summed E-state index contributed by atoms with van der Waals surface area (Å²) < 4.78 is 4.91. The molecule has 0 aromatic heterocycles. The van der Waals surface area contributed by atoms with Crippen molar-refractivity contribution in [1.82, 2.24) is 10.6 Å². The predicted octanol–water partition coefficient (Wildman–Crippen LogP) is 2.92. The number of esters is 1. The SMILES string of the molecule is CNC(=O)NC(=O)COC(=O)CCc1cc(C(C)(C)C)c(O)c(C(C)(C)C)c1. The number of carbonyl (C=O) groups excluding carboxylic acids is 3. The number of benzene rings is 1. The number of imide groups is 1. The van der Waals surface area contributed by atoms with E-state index in [2.05, 4.69) is 5.32 Å². The highest BCUT2D eigenvalue weighted by molar-refractivity contribution is 5.95. The normalized spacial score (nSPS) is 11.7. The Bertz CT molecular complexity index is 707. The van der Waals surface area contributed by atoms with Crippen LogP contribution in [0.1, 0.15) is 64.7 Å². The van der Waals surface area contributed by atoms with Crippen molar-refractivity contribution >= 4 is 17.9 Å². The van der Waals surface area contributed by atoms with Gasteiger partial charge in [0.25, 0.3) is 5.91 Å². The second-order valence-electron chi connectivity index (χ2n) is 8.83. The number of amides is 3. The molecule has 0 radical (unpaired) electrons. The van der Waals surface area contributed by atoms with E-state index in [0.717, 1.165) is 16.7 Å². The van der Waals surface area contributed by atoms with Gasteiger partial charge in [-0.1, -0.05) is 53.7 Å². The van der Waals surface area contributed by atoms with Crippen molar-refractivity contribution in [2.75, 3.05) is 13.7 Å². The Labute approximate surface area is 166 Å². The molecule has 0 bridgehead atoms. The number of nitrogens with one attached hydrogen (secondary N) is 2. The minimum atomic E-state index is -0.692. The minimum absolute atomic E-state index is 0.0885. The number of carbonyl (C=O) groups is 3. The third-order valence-electron chi connectivity index (χ3n) is 4.25. The Balaban J connectivity index is 2.85. The largest absolute Gasteiger partial charge is 0.507 e. The molecule has 0 saturated heterocycles. The van der Waals surface area contributed by atoms with E-state index in [1.54, 1.807) is 0 Å². The monoisotopic (exact) mass is 392 g/mol. The quantitative estimate of drug-likeness (QED) is 0.668. The fourth-order valence-electron chi connectivity index (χ4n) is 2.67. The van der Waals surface area contributed by atoms with Crippen LogP contribution in [0.5, 0.6) is 5.75 Å². The molecule has 0 aliphatic rings. The van der Waals surface area contributed by atoms with Crippen LogP contribution >= 0.6 is 0 Å². The Kier molecular flexibility index (Phi) is 7.61. The van der Waals surface area contributed by atoms with Gasteiger partial charge in [0.2, 0.25) is 0 Å². The van der Waals surface area contributed by atoms with Gasteiger partial charge in [0.15, 0.2) is 6.61 Å². The van der Waals surface area contributed by atoms with Crippen LogP contribution in [-0.2, 0) is 31.6 Å². The molecule has 0 spiro atoms. The van der Waals surface area contributed by atoms with Gasteiger partial charge in [0, 0.05) is 13.5 Å². The summed E-state index contributed by atoms with van der Waals surface area (Å²) in [6, 6.07) is 3.17.